The van der Waals surface area contributed by atoms with E-state index in [2.05, 4.69) is 11.1 Å². The summed E-state index contributed by atoms with van der Waals surface area (Å²) in [6.07, 6.45) is 0.744. The zero-order valence-corrected chi connectivity index (χ0v) is 11.6. The van der Waals surface area contributed by atoms with Gasteiger partial charge in [0.25, 0.3) is 0 Å². The lowest BCUT2D eigenvalue weighted by molar-refractivity contribution is 0.112. The molecule has 0 bridgehead atoms. The van der Waals surface area contributed by atoms with Gasteiger partial charge in [-0.25, -0.2) is 4.98 Å². The normalized spacial score (nSPS) is 9.95. The van der Waals surface area contributed by atoms with Crippen molar-refractivity contribution in [3.05, 3.63) is 45.4 Å². The maximum Gasteiger partial charge on any atom is 0.150 e. The van der Waals surface area contributed by atoms with Gasteiger partial charge in [-0.1, -0.05) is 0 Å². The van der Waals surface area contributed by atoms with E-state index in [1.54, 1.807) is 29.5 Å². The van der Waals surface area contributed by atoms with Crippen molar-refractivity contribution < 1.29 is 4.79 Å². The van der Waals surface area contributed by atoms with Crippen molar-refractivity contribution in [3.8, 4) is 6.07 Å². The second kappa shape index (κ2) is 5.63. The van der Waals surface area contributed by atoms with Crippen molar-refractivity contribution in [3.63, 3.8) is 0 Å². The molecule has 5 heteroatoms. The van der Waals surface area contributed by atoms with Crippen molar-refractivity contribution in [1.82, 2.24) is 4.98 Å². The minimum Gasteiger partial charge on any atom is -0.368 e. The third-order valence-corrected chi connectivity index (χ3v) is 3.58. The number of thiazole rings is 1. The molecule has 0 N–H and O–H groups in total. The molecule has 0 radical (unpaired) electrons. The molecule has 0 unspecified atom stereocenters. The number of anilines is 1. The van der Waals surface area contributed by atoms with Crippen LogP contribution in [0.5, 0.6) is 0 Å². The molecule has 1 heterocycles. The molecule has 0 saturated carbocycles. The van der Waals surface area contributed by atoms with E-state index in [1.165, 1.54) is 0 Å². The number of benzene rings is 1. The number of rotatable bonds is 4. The van der Waals surface area contributed by atoms with Gasteiger partial charge in [0.15, 0.2) is 0 Å². The third kappa shape index (κ3) is 2.98. The number of aromatic nitrogens is 1. The average molecular weight is 271 g/mol. The molecule has 1 aromatic carbocycles. The smallest absolute Gasteiger partial charge is 0.150 e. The molecule has 1 aromatic heterocycles. The summed E-state index contributed by atoms with van der Waals surface area (Å²) in [5, 5.41) is 12.2. The Hall–Kier alpha value is -2.19. The van der Waals surface area contributed by atoms with Gasteiger partial charge in [-0.15, -0.1) is 11.3 Å². The summed E-state index contributed by atoms with van der Waals surface area (Å²) < 4.78 is 0. The Morgan fingerprint density at radius 1 is 1.53 bits per heavy atom. The summed E-state index contributed by atoms with van der Waals surface area (Å²) in [5.41, 5.74) is 2.80. The van der Waals surface area contributed by atoms with Gasteiger partial charge in [0.05, 0.1) is 28.5 Å². The molecule has 0 amide bonds. The summed E-state index contributed by atoms with van der Waals surface area (Å²) in [7, 11) is 1.91. The summed E-state index contributed by atoms with van der Waals surface area (Å²) >= 11 is 1.61. The molecule has 0 aliphatic rings. The Labute approximate surface area is 115 Å². The van der Waals surface area contributed by atoms with Crippen LogP contribution in [0.3, 0.4) is 0 Å². The van der Waals surface area contributed by atoms with Crippen LogP contribution in [0, 0.1) is 18.3 Å². The largest absolute Gasteiger partial charge is 0.368 e. The lowest BCUT2D eigenvalue weighted by Gasteiger charge is -2.19. The SMILES string of the molecule is Cc1nc(CN(C)c2ccc(C=O)cc2C#N)cs1. The van der Waals surface area contributed by atoms with Crippen LogP contribution in [-0.4, -0.2) is 18.3 Å². The zero-order chi connectivity index (χ0) is 13.8. The first kappa shape index (κ1) is 13.2. The molecule has 2 rings (SSSR count). The number of hydrogen-bond acceptors (Lipinski definition) is 5. The minimum atomic E-state index is 0.499. The Morgan fingerprint density at radius 2 is 2.32 bits per heavy atom. The first-order valence-electron chi connectivity index (χ1n) is 5.75. The number of carbonyl (C=O) groups excluding carboxylic acids is 1. The van der Waals surface area contributed by atoms with Gasteiger partial charge in [-0.05, 0) is 25.1 Å². The maximum absolute atomic E-state index is 10.7. The summed E-state index contributed by atoms with van der Waals surface area (Å²) in [4.78, 5) is 17.1. The quantitative estimate of drug-likeness (QED) is 0.802. The lowest BCUT2D eigenvalue weighted by atomic mass is 10.1. The monoisotopic (exact) mass is 271 g/mol. The van der Waals surface area contributed by atoms with E-state index < -0.39 is 0 Å². The van der Waals surface area contributed by atoms with Crippen LogP contribution in [0.25, 0.3) is 0 Å². The summed E-state index contributed by atoms with van der Waals surface area (Å²) in [6.45, 7) is 2.60. The summed E-state index contributed by atoms with van der Waals surface area (Å²) in [5.74, 6) is 0. The van der Waals surface area contributed by atoms with Crippen LogP contribution in [0.1, 0.15) is 26.6 Å². The highest BCUT2D eigenvalue weighted by atomic mass is 32.1. The second-order valence-corrected chi connectivity index (χ2v) is 5.28. The van der Waals surface area contributed by atoms with E-state index in [-0.39, 0.29) is 0 Å². The van der Waals surface area contributed by atoms with Gasteiger partial charge in [-0.2, -0.15) is 5.26 Å². The van der Waals surface area contributed by atoms with Gasteiger partial charge >= 0.3 is 0 Å². The van der Waals surface area contributed by atoms with E-state index in [9.17, 15) is 4.79 Å². The number of aldehydes is 1. The van der Waals surface area contributed by atoms with Gasteiger partial charge in [-0.3, -0.25) is 4.79 Å². The first-order valence-corrected chi connectivity index (χ1v) is 6.63. The van der Waals surface area contributed by atoms with Gasteiger partial charge in [0.2, 0.25) is 0 Å². The fourth-order valence-electron chi connectivity index (χ4n) is 1.86. The van der Waals surface area contributed by atoms with E-state index in [1.807, 2.05) is 24.3 Å². The number of aryl methyl sites for hydroxylation is 1. The number of nitriles is 1. The molecule has 19 heavy (non-hydrogen) atoms. The minimum absolute atomic E-state index is 0.499. The van der Waals surface area contributed by atoms with E-state index in [0.29, 0.717) is 17.7 Å². The molecule has 0 fully saturated rings. The average Bonchev–Trinajstić information content (AvgIpc) is 2.83. The zero-order valence-electron chi connectivity index (χ0n) is 10.8. The number of hydrogen-bond donors (Lipinski definition) is 0. The molecule has 0 aliphatic heterocycles. The molecule has 0 atom stereocenters. The van der Waals surface area contributed by atoms with Crippen LogP contribution in [0.2, 0.25) is 0 Å². The van der Waals surface area contributed by atoms with Crippen molar-refractivity contribution >= 4 is 23.3 Å². The van der Waals surface area contributed by atoms with Crippen molar-refractivity contribution in [2.45, 2.75) is 13.5 Å². The van der Waals surface area contributed by atoms with Crippen LogP contribution >= 0.6 is 11.3 Å². The topological polar surface area (TPSA) is 57.0 Å². The standard InChI is InChI=1S/C14H13N3OS/c1-10-16-13(9-19-10)7-17(2)14-4-3-11(8-18)5-12(14)6-15/h3-5,8-9H,7H2,1-2H3. The third-order valence-electron chi connectivity index (χ3n) is 2.75. The van der Waals surface area contributed by atoms with E-state index in [0.717, 1.165) is 22.7 Å². The predicted octanol–water partition coefficient (Wildman–Crippen LogP) is 2.77. The predicted molar refractivity (Wildman–Crippen MR) is 75.5 cm³/mol. The first-order chi connectivity index (χ1) is 9.13. The van der Waals surface area contributed by atoms with Crippen LogP contribution < -0.4 is 4.90 Å². The molecule has 0 aliphatic carbocycles. The lowest BCUT2D eigenvalue weighted by Crippen LogP contribution is -2.17. The molecular weight excluding hydrogens is 258 g/mol. The Kier molecular flexibility index (Phi) is 3.93. The Balaban J connectivity index is 2.26. The second-order valence-electron chi connectivity index (χ2n) is 4.22. The summed E-state index contributed by atoms with van der Waals surface area (Å²) in [6, 6.07) is 7.23. The van der Waals surface area contributed by atoms with Gasteiger partial charge < -0.3 is 4.90 Å². The van der Waals surface area contributed by atoms with Crippen LogP contribution in [0.15, 0.2) is 23.6 Å². The highest BCUT2D eigenvalue weighted by Gasteiger charge is 2.10. The Morgan fingerprint density at radius 3 is 2.89 bits per heavy atom. The van der Waals surface area contributed by atoms with Gasteiger partial charge in [0, 0.05) is 18.0 Å². The molecule has 96 valence electrons. The van der Waals surface area contributed by atoms with Crippen molar-refractivity contribution in [2.75, 3.05) is 11.9 Å². The van der Waals surface area contributed by atoms with Crippen molar-refractivity contribution in [1.29, 1.82) is 5.26 Å². The highest BCUT2D eigenvalue weighted by Crippen LogP contribution is 2.22. The molecule has 0 spiro atoms. The molecular formula is C14H13N3OS. The number of carbonyl (C=O) groups is 1. The van der Waals surface area contributed by atoms with Crippen LogP contribution in [-0.2, 0) is 6.54 Å². The fourth-order valence-corrected chi connectivity index (χ4v) is 2.46. The maximum atomic E-state index is 10.7. The molecule has 0 saturated heterocycles. The van der Waals surface area contributed by atoms with Gasteiger partial charge in [0.1, 0.15) is 12.4 Å². The fraction of sp³-hybridized carbons (Fsp3) is 0.214. The van der Waals surface area contributed by atoms with E-state index in [4.69, 9.17) is 5.26 Å². The van der Waals surface area contributed by atoms with Crippen molar-refractivity contribution in [2.24, 2.45) is 0 Å². The van der Waals surface area contributed by atoms with E-state index >= 15 is 0 Å². The highest BCUT2D eigenvalue weighted by molar-refractivity contribution is 7.09. The molecule has 4 nitrogen and oxygen atoms in total. The number of nitrogens with zero attached hydrogens (tertiary/aromatic N) is 3. The molecule has 2 aromatic rings. The van der Waals surface area contributed by atoms with Crippen LogP contribution in [0.4, 0.5) is 5.69 Å². The Bertz CT molecular complexity index is 642.